The Kier molecular flexibility index (Phi) is 4.74. The fourth-order valence-electron chi connectivity index (χ4n) is 2.82. The molecule has 1 aliphatic rings. The number of aromatic nitrogens is 2. The summed E-state index contributed by atoms with van der Waals surface area (Å²) in [7, 11) is 0. The third-order valence-electron chi connectivity index (χ3n) is 4.33. The molecule has 0 bridgehead atoms. The van der Waals surface area contributed by atoms with E-state index in [0.29, 0.717) is 18.8 Å². The summed E-state index contributed by atoms with van der Waals surface area (Å²) in [5, 5.41) is 5.31. The number of carbonyl (C=O) groups excluding carboxylic acids is 2. The van der Waals surface area contributed by atoms with Crippen LogP contribution in [0.3, 0.4) is 0 Å². The number of carbonyl (C=O) groups is 2. The van der Waals surface area contributed by atoms with Gasteiger partial charge in [-0.3, -0.25) is 14.6 Å². The molecule has 1 unspecified atom stereocenters. The number of aryl methyl sites for hydroxylation is 1. The van der Waals surface area contributed by atoms with E-state index in [1.807, 2.05) is 0 Å². The van der Waals surface area contributed by atoms with Gasteiger partial charge >= 0.3 is 5.91 Å². The van der Waals surface area contributed by atoms with Crippen molar-refractivity contribution in [2.75, 3.05) is 18.5 Å². The fraction of sp³-hybridized carbons (Fsp3) is 0.263. The van der Waals surface area contributed by atoms with Crippen molar-refractivity contribution in [1.82, 2.24) is 15.3 Å². The second kappa shape index (κ2) is 7.35. The van der Waals surface area contributed by atoms with Crippen molar-refractivity contribution in [3.05, 3.63) is 53.4 Å². The second-order valence-corrected chi connectivity index (χ2v) is 6.45. The van der Waals surface area contributed by atoms with E-state index in [4.69, 9.17) is 9.15 Å². The van der Waals surface area contributed by atoms with E-state index in [1.54, 1.807) is 25.3 Å². The van der Waals surface area contributed by atoms with Crippen molar-refractivity contribution in [2.45, 2.75) is 19.4 Å². The van der Waals surface area contributed by atoms with Gasteiger partial charge in [0.2, 0.25) is 0 Å². The van der Waals surface area contributed by atoms with E-state index in [2.05, 4.69) is 20.6 Å². The Bertz CT molecular complexity index is 1060. The average molecular weight is 384 g/mol. The third kappa shape index (κ3) is 3.70. The number of hydrogen-bond donors (Lipinski definition) is 2. The van der Waals surface area contributed by atoms with Gasteiger partial charge in [-0.05, 0) is 31.5 Å². The topological polar surface area (TPSA) is 106 Å². The highest BCUT2D eigenvalue weighted by atomic mass is 19.1. The quantitative estimate of drug-likeness (QED) is 0.700. The molecular weight excluding hydrogens is 367 g/mol. The first-order valence-electron chi connectivity index (χ1n) is 8.73. The number of ether oxygens (including phenoxy) is 1. The SMILES string of the molecule is Cc1cc(NC(=O)c2nc3cc(F)cc(C(=O)NCC4CCO4)c3o2)ccn1. The highest BCUT2D eigenvalue weighted by Gasteiger charge is 2.23. The lowest BCUT2D eigenvalue weighted by atomic mass is 10.1. The van der Waals surface area contributed by atoms with Crippen molar-refractivity contribution in [2.24, 2.45) is 0 Å². The van der Waals surface area contributed by atoms with E-state index in [-0.39, 0.29) is 28.7 Å². The molecule has 1 fully saturated rings. The number of nitrogens with one attached hydrogen (secondary N) is 2. The number of pyridine rings is 1. The number of rotatable bonds is 5. The number of hydrogen-bond acceptors (Lipinski definition) is 6. The number of nitrogens with zero attached hydrogens (tertiary/aromatic N) is 2. The molecule has 2 aromatic heterocycles. The van der Waals surface area contributed by atoms with Gasteiger partial charge in [-0.25, -0.2) is 9.37 Å². The van der Waals surface area contributed by atoms with Crippen molar-refractivity contribution < 1.29 is 23.1 Å². The van der Waals surface area contributed by atoms with Crippen LogP contribution in [0.2, 0.25) is 0 Å². The normalized spacial score (nSPS) is 15.9. The minimum Gasteiger partial charge on any atom is -0.431 e. The molecule has 144 valence electrons. The summed E-state index contributed by atoms with van der Waals surface area (Å²) in [5.74, 6) is -2.06. The zero-order valence-corrected chi connectivity index (χ0v) is 15.0. The minimum atomic E-state index is -0.650. The van der Waals surface area contributed by atoms with Crippen LogP contribution in [-0.4, -0.2) is 41.0 Å². The fourth-order valence-corrected chi connectivity index (χ4v) is 2.82. The number of halogens is 1. The van der Waals surface area contributed by atoms with Crippen LogP contribution in [0.1, 0.15) is 33.2 Å². The first-order chi connectivity index (χ1) is 13.5. The summed E-state index contributed by atoms with van der Waals surface area (Å²) in [6.07, 6.45) is 2.38. The van der Waals surface area contributed by atoms with Crippen molar-refractivity contribution in [3.8, 4) is 0 Å². The van der Waals surface area contributed by atoms with Crippen LogP contribution in [0.25, 0.3) is 11.1 Å². The Hall–Kier alpha value is -3.33. The Morgan fingerprint density at radius 3 is 2.82 bits per heavy atom. The Morgan fingerprint density at radius 1 is 1.29 bits per heavy atom. The molecule has 1 aliphatic heterocycles. The first kappa shape index (κ1) is 18.1. The lowest BCUT2D eigenvalue weighted by Crippen LogP contribution is -2.39. The summed E-state index contributed by atoms with van der Waals surface area (Å²) >= 11 is 0. The smallest absolute Gasteiger partial charge is 0.311 e. The highest BCUT2D eigenvalue weighted by Crippen LogP contribution is 2.23. The minimum absolute atomic E-state index is 0.0272. The van der Waals surface area contributed by atoms with Gasteiger partial charge in [0, 0.05) is 36.8 Å². The van der Waals surface area contributed by atoms with Crippen LogP contribution < -0.4 is 10.6 Å². The second-order valence-electron chi connectivity index (χ2n) is 6.45. The third-order valence-corrected chi connectivity index (χ3v) is 4.33. The molecule has 0 saturated carbocycles. The molecule has 3 aromatic rings. The largest absolute Gasteiger partial charge is 0.431 e. The summed E-state index contributed by atoms with van der Waals surface area (Å²) in [5.41, 5.74) is 1.35. The molecule has 3 heterocycles. The number of anilines is 1. The average Bonchev–Trinajstić information content (AvgIpc) is 3.03. The van der Waals surface area contributed by atoms with Crippen LogP contribution in [0.15, 0.2) is 34.9 Å². The number of oxazole rings is 1. The monoisotopic (exact) mass is 384 g/mol. The van der Waals surface area contributed by atoms with Gasteiger partial charge in [0.1, 0.15) is 11.3 Å². The summed E-state index contributed by atoms with van der Waals surface area (Å²) in [4.78, 5) is 32.9. The van der Waals surface area contributed by atoms with E-state index >= 15 is 0 Å². The van der Waals surface area contributed by atoms with Crippen molar-refractivity contribution in [3.63, 3.8) is 0 Å². The standard InChI is InChI=1S/C19H17FN4O4/c1-10-6-12(2-4-21-10)23-18(26)19-24-15-8-11(20)7-14(16(15)28-19)17(25)22-9-13-3-5-27-13/h2,4,6-8,13H,3,5,9H2,1H3,(H,22,25)(H,21,23,26). The van der Waals surface area contributed by atoms with E-state index in [1.165, 1.54) is 0 Å². The molecular formula is C19H17FN4O4. The molecule has 9 heteroatoms. The molecule has 4 rings (SSSR count). The van der Waals surface area contributed by atoms with Crippen LogP contribution in [0, 0.1) is 12.7 Å². The number of amides is 2. The Labute approximate surface area is 159 Å². The molecule has 8 nitrogen and oxygen atoms in total. The van der Waals surface area contributed by atoms with Crippen LogP contribution in [0.5, 0.6) is 0 Å². The molecule has 2 amide bonds. The zero-order chi connectivity index (χ0) is 19.7. The zero-order valence-electron chi connectivity index (χ0n) is 15.0. The lowest BCUT2D eigenvalue weighted by Gasteiger charge is -2.26. The van der Waals surface area contributed by atoms with Gasteiger partial charge in [0.25, 0.3) is 11.8 Å². The maximum atomic E-state index is 13.9. The summed E-state index contributed by atoms with van der Waals surface area (Å²) in [6, 6.07) is 5.46. The van der Waals surface area contributed by atoms with Gasteiger partial charge in [-0.1, -0.05) is 0 Å². The van der Waals surface area contributed by atoms with Gasteiger partial charge < -0.3 is 19.8 Å². The van der Waals surface area contributed by atoms with Gasteiger partial charge in [-0.15, -0.1) is 0 Å². The molecule has 1 aromatic carbocycles. The summed E-state index contributed by atoms with van der Waals surface area (Å²) < 4.78 is 24.7. The van der Waals surface area contributed by atoms with E-state index in [9.17, 15) is 14.0 Å². The first-order valence-corrected chi connectivity index (χ1v) is 8.73. The van der Waals surface area contributed by atoms with Crippen molar-refractivity contribution >= 4 is 28.6 Å². The van der Waals surface area contributed by atoms with Gasteiger partial charge in [0.05, 0.1) is 11.7 Å². The molecule has 1 atom stereocenters. The van der Waals surface area contributed by atoms with Gasteiger partial charge in [0.15, 0.2) is 5.58 Å². The molecule has 0 radical (unpaired) electrons. The van der Waals surface area contributed by atoms with Crippen LogP contribution in [-0.2, 0) is 4.74 Å². The highest BCUT2D eigenvalue weighted by molar-refractivity contribution is 6.06. The molecule has 2 N–H and O–H groups in total. The van der Waals surface area contributed by atoms with Gasteiger partial charge in [-0.2, -0.15) is 0 Å². The van der Waals surface area contributed by atoms with Crippen LogP contribution in [0.4, 0.5) is 10.1 Å². The maximum absolute atomic E-state index is 13.9. The predicted octanol–water partition coefficient (Wildman–Crippen LogP) is 2.44. The molecule has 28 heavy (non-hydrogen) atoms. The summed E-state index contributed by atoms with van der Waals surface area (Å²) in [6.45, 7) is 2.78. The Morgan fingerprint density at radius 2 is 2.11 bits per heavy atom. The Balaban J connectivity index is 1.58. The van der Waals surface area contributed by atoms with Crippen molar-refractivity contribution in [1.29, 1.82) is 0 Å². The van der Waals surface area contributed by atoms with E-state index < -0.39 is 17.6 Å². The van der Waals surface area contributed by atoms with Crippen LogP contribution >= 0.6 is 0 Å². The molecule has 1 saturated heterocycles. The number of benzene rings is 1. The number of fused-ring (bicyclic) bond motifs is 1. The maximum Gasteiger partial charge on any atom is 0.311 e. The predicted molar refractivity (Wildman–Crippen MR) is 97.6 cm³/mol. The molecule has 0 aliphatic carbocycles. The lowest BCUT2D eigenvalue weighted by molar-refractivity contribution is -0.0472. The molecule has 0 spiro atoms. The van der Waals surface area contributed by atoms with E-state index in [0.717, 1.165) is 24.2 Å².